The quantitative estimate of drug-likeness (QED) is 0.100. The minimum Gasteiger partial charge on any atom is -0.493 e. The molecule has 6 heteroatoms. The number of ketones is 2. The Hall–Kier alpha value is -4.19. The number of nitrogens with one attached hydrogen (secondary N) is 1. The van der Waals surface area contributed by atoms with Crippen molar-refractivity contribution < 1.29 is 23.9 Å². The zero-order valence-corrected chi connectivity index (χ0v) is 23.8. The van der Waals surface area contributed by atoms with Crippen molar-refractivity contribution in [1.29, 1.82) is 0 Å². The summed E-state index contributed by atoms with van der Waals surface area (Å²) in [6, 6.07) is 21.3. The Morgan fingerprint density at radius 3 is 2.33 bits per heavy atom. The summed E-state index contributed by atoms with van der Waals surface area (Å²) in [7, 11) is 1.57. The van der Waals surface area contributed by atoms with Crippen molar-refractivity contribution in [1.82, 2.24) is 5.32 Å². The van der Waals surface area contributed by atoms with Crippen LogP contribution in [0.2, 0.25) is 0 Å². The van der Waals surface area contributed by atoms with Crippen molar-refractivity contribution in [2.45, 2.75) is 52.5 Å². The predicted molar refractivity (Wildman–Crippen MR) is 158 cm³/mol. The van der Waals surface area contributed by atoms with Crippen LogP contribution in [0.4, 0.5) is 0 Å². The van der Waals surface area contributed by atoms with Crippen LogP contribution in [0.5, 0.6) is 11.5 Å². The van der Waals surface area contributed by atoms with Crippen molar-refractivity contribution in [3.8, 4) is 11.5 Å². The van der Waals surface area contributed by atoms with E-state index in [1.165, 1.54) is 0 Å². The molecule has 0 aliphatic heterocycles. The van der Waals surface area contributed by atoms with Crippen LogP contribution in [0.3, 0.4) is 0 Å². The zero-order chi connectivity index (χ0) is 28.9. The molecule has 1 atom stereocenters. The van der Waals surface area contributed by atoms with Gasteiger partial charge < -0.3 is 14.8 Å². The van der Waals surface area contributed by atoms with Gasteiger partial charge in [0.2, 0.25) is 5.78 Å². The number of amides is 1. The fourth-order valence-corrected chi connectivity index (χ4v) is 4.18. The van der Waals surface area contributed by atoms with Crippen LogP contribution in [0.25, 0.3) is 0 Å². The van der Waals surface area contributed by atoms with Crippen LogP contribution >= 0.6 is 0 Å². The molecule has 0 aliphatic rings. The van der Waals surface area contributed by atoms with E-state index in [2.05, 4.69) is 31.3 Å². The van der Waals surface area contributed by atoms with Crippen LogP contribution in [0.15, 0.2) is 84.9 Å². The normalized spacial score (nSPS) is 11.8. The Labute approximate surface area is 237 Å². The van der Waals surface area contributed by atoms with Gasteiger partial charge in [0.15, 0.2) is 17.3 Å². The molecule has 0 fully saturated rings. The van der Waals surface area contributed by atoms with E-state index in [4.69, 9.17) is 9.47 Å². The second-order valence-electron chi connectivity index (χ2n) is 10.1. The molecule has 0 saturated carbocycles. The van der Waals surface area contributed by atoms with Gasteiger partial charge in [-0.25, -0.2) is 0 Å². The highest BCUT2D eigenvalue weighted by molar-refractivity contribution is 6.38. The van der Waals surface area contributed by atoms with Crippen molar-refractivity contribution >= 4 is 17.5 Å². The first kappa shape index (κ1) is 30.4. The highest BCUT2D eigenvalue weighted by Crippen LogP contribution is 2.28. The van der Waals surface area contributed by atoms with Crippen molar-refractivity contribution in [3.63, 3.8) is 0 Å². The highest BCUT2D eigenvalue weighted by atomic mass is 16.5. The Bertz CT molecular complexity index is 1310. The third-order valence-electron chi connectivity index (χ3n) is 6.53. The maximum absolute atomic E-state index is 12.9. The lowest BCUT2D eigenvalue weighted by molar-refractivity contribution is -0.138. The van der Waals surface area contributed by atoms with Gasteiger partial charge in [0.1, 0.15) is 0 Å². The second kappa shape index (κ2) is 15.4. The Morgan fingerprint density at radius 2 is 1.60 bits per heavy atom. The standard InChI is InChI=1S/C34H39NO5/c1-24(2)13-8-5-6-11-20-40-30-19-18-26(21-31(30)39-4)23-35-34(38)32(36)25(3)28-16-12-17-29(22-28)33(37)27-14-9-7-10-15-27/h7-10,12-19,21-22,24-25H,5-6,11,20,23H2,1-4H3,(H,35,38)/b13-8+. The summed E-state index contributed by atoms with van der Waals surface area (Å²) in [5.74, 6) is -0.297. The maximum Gasteiger partial charge on any atom is 0.288 e. The van der Waals surface area contributed by atoms with Gasteiger partial charge in [-0.2, -0.15) is 0 Å². The number of carbonyl (C=O) groups excluding carboxylic acids is 3. The molecule has 0 saturated heterocycles. The fraction of sp³-hybridized carbons (Fsp3) is 0.324. The number of benzene rings is 3. The lowest BCUT2D eigenvalue weighted by Gasteiger charge is -2.14. The summed E-state index contributed by atoms with van der Waals surface area (Å²) >= 11 is 0. The Balaban J connectivity index is 1.53. The Morgan fingerprint density at radius 1 is 0.850 bits per heavy atom. The molecule has 0 heterocycles. The minimum absolute atomic E-state index is 0.133. The molecule has 3 aromatic carbocycles. The van der Waals surface area contributed by atoms with E-state index in [0.717, 1.165) is 24.8 Å². The number of ether oxygens (including phenoxy) is 2. The monoisotopic (exact) mass is 541 g/mol. The topological polar surface area (TPSA) is 81.7 Å². The summed E-state index contributed by atoms with van der Waals surface area (Å²) in [5.41, 5.74) is 2.44. The van der Waals surface area contributed by atoms with Gasteiger partial charge >= 0.3 is 0 Å². The lowest BCUT2D eigenvalue weighted by Crippen LogP contribution is -2.33. The number of allylic oxidation sites excluding steroid dienone is 2. The van der Waals surface area contributed by atoms with E-state index in [1.54, 1.807) is 68.6 Å². The average Bonchev–Trinajstić information content (AvgIpc) is 2.98. The van der Waals surface area contributed by atoms with Crippen molar-refractivity contribution in [3.05, 3.63) is 107 Å². The summed E-state index contributed by atoms with van der Waals surface area (Å²) in [5, 5.41) is 2.70. The van der Waals surface area contributed by atoms with Gasteiger partial charge in [-0.1, -0.05) is 87.5 Å². The highest BCUT2D eigenvalue weighted by Gasteiger charge is 2.23. The van der Waals surface area contributed by atoms with E-state index < -0.39 is 17.6 Å². The molecule has 3 aromatic rings. The maximum atomic E-state index is 12.9. The van der Waals surface area contributed by atoms with Gasteiger partial charge in [-0.05, 0) is 54.5 Å². The molecule has 1 N–H and O–H groups in total. The fourth-order valence-electron chi connectivity index (χ4n) is 4.18. The van der Waals surface area contributed by atoms with E-state index in [1.807, 2.05) is 18.2 Å². The molecule has 3 rings (SSSR count). The number of unbranched alkanes of at least 4 members (excludes halogenated alkanes) is 2. The zero-order valence-electron chi connectivity index (χ0n) is 23.8. The summed E-state index contributed by atoms with van der Waals surface area (Å²) in [6.07, 6.45) is 7.45. The third-order valence-corrected chi connectivity index (χ3v) is 6.53. The Kier molecular flexibility index (Phi) is 11.7. The van der Waals surface area contributed by atoms with Crippen LogP contribution in [-0.4, -0.2) is 31.2 Å². The van der Waals surface area contributed by atoms with Crippen LogP contribution in [0.1, 0.15) is 73.0 Å². The number of methoxy groups -OCH3 is 1. The lowest BCUT2D eigenvalue weighted by atomic mass is 9.92. The summed E-state index contributed by atoms with van der Waals surface area (Å²) < 4.78 is 11.4. The first-order chi connectivity index (χ1) is 19.3. The first-order valence-electron chi connectivity index (χ1n) is 13.8. The minimum atomic E-state index is -0.699. The smallest absolute Gasteiger partial charge is 0.288 e. The van der Waals surface area contributed by atoms with Crippen molar-refractivity contribution in [2.75, 3.05) is 13.7 Å². The van der Waals surface area contributed by atoms with Crippen LogP contribution in [0, 0.1) is 5.92 Å². The van der Waals surface area contributed by atoms with Gasteiger partial charge in [0, 0.05) is 23.6 Å². The van der Waals surface area contributed by atoms with Crippen LogP contribution < -0.4 is 14.8 Å². The molecule has 0 radical (unpaired) electrons. The third kappa shape index (κ3) is 8.94. The number of carbonyl (C=O) groups is 3. The van der Waals surface area contributed by atoms with Gasteiger partial charge in [-0.3, -0.25) is 14.4 Å². The van der Waals surface area contributed by atoms with Crippen molar-refractivity contribution in [2.24, 2.45) is 5.92 Å². The molecule has 0 spiro atoms. The second-order valence-corrected chi connectivity index (χ2v) is 10.1. The predicted octanol–water partition coefficient (Wildman–Crippen LogP) is 6.68. The molecule has 40 heavy (non-hydrogen) atoms. The first-order valence-corrected chi connectivity index (χ1v) is 13.8. The van der Waals surface area contributed by atoms with Crippen LogP contribution in [-0.2, 0) is 16.1 Å². The van der Waals surface area contributed by atoms with E-state index in [0.29, 0.717) is 40.7 Å². The summed E-state index contributed by atoms with van der Waals surface area (Å²) in [6.45, 7) is 6.76. The van der Waals surface area contributed by atoms with Gasteiger partial charge in [0.05, 0.1) is 13.7 Å². The van der Waals surface area contributed by atoms with Gasteiger partial charge in [0.25, 0.3) is 5.91 Å². The van der Waals surface area contributed by atoms with E-state index in [9.17, 15) is 14.4 Å². The summed E-state index contributed by atoms with van der Waals surface area (Å²) in [4.78, 5) is 38.4. The molecule has 210 valence electrons. The molecule has 1 amide bonds. The molecular formula is C34H39NO5. The van der Waals surface area contributed by atoms with E-state index >= 15 is 0 Å². The van der Waals surface area contributed by atoms with Gasteiger partial charge in [-0.15, -0.1) is 0 Å². The number of hydrogen-bond donors (Lipinski definition) is 1. The molecule has 0 bridgehead atoms. The average molecular weight is 542 g/mol. The van der Waals surface area contributed by atoms with E-state index in [-0.39, 0.29) is 12.3 Å². The number of hydrogen-bond acceptors (Lipinski definition) is 5. The largest absolute Gasteiger partial charge is 0.493 e. The molecule has 6 nitrogen and oxygen atoms in total. The number of Topliss-reactive ketones (excluding diaryl/α,β-unsaturated/α-hetero) is 1. The molecule has 0 aliphatic carbocycles. The SMILES string of the molecule is COc1cc(CNC(=O)C(=O)C(C)c2cccc(C(=O)c3ccccc3)c2)ccc1OCCCC/C=C/C(C)C. The molecule has 0 aromatic heterocycles. The molecule has 1 unspecified atom stereocenters. The number of rotatable bonds is 15. The molecular weight excluding hydrogens is 502 g/mol.